The van der Waals surface area contributed by atoms with Crippen LogP contribution in [0.4, 0.5) is 0 Å². The first-order chi connectivity index (χ1) is 11.0. The van der Waals surface area contributed by atoms with Gasteiger partial charge in [0.25, 0.3) is 0 Å². The van der Waals surface area contributed by atoms with Gasteiger partial charge in [0.05, 0.1) is 6.10 Å². The van der Waals surface area contributed by atoms with Crippen molar-refractivity contribution in [3.63, 3.8) is 0 Å². The zero-order valence-electron chi connectivity index (χ0n) is 13.9. The first kappa shape index (κ1) is 16.4. The first-order valence-corrected chi connectivity index (χ1v) is 8.67. The minimum absolute atomic E-state index is 0.0294. The van der Waals surface area contributed by atoms with Crippen molar-refractivity contribution in [2.24, 2.45) is 29.1 Å². The zero-order valence-corrected chi connectivity index (χ0v) is 13.9. The maximum atomic E-state index is 11.5. The molecule has 0 amide bonds. The van der Waals surface area contributed by atoms with Crippen LogP contribution in [0.1, 0.15) is 39.5 Å². The highest BCUT2D eigenvalue weighted by Crippen LogP contribution is 2.63. The molecule has 0 saturated heterocycles. The van der Waals surface area contributed by atoms with E-state index in [1.807, 2.05) is 12.2 Å². The molecule has 2 fully saturated rings. The number of rotatable bonds is 4. The molecule has 0 heterocycles. The van der Waals surface area contributed by atoms with Gasteiger partial charge in [-0.3, -0.25) is 9.59 Å². The zero-order chi connectivity index (χ0) is 16.6. The summed E-state index contributed by atoms with van der Waals surface area (Å²) in [4.78, 5) is 22.3. The van der Waals surface area contributed by atoms with Gasteiger partial charge in [0.15, 0.2) is 0 Å². The standard InChI is InChI=1S/C20H26O3/c1-13(11-21)5-4-10-20(2)16-9-8-14-6-3-7-15(12-22)18(17(14)16)19(20)23/h4-5,7,10-12,14,16-19,23H,3,6,8-9H2,1-2H3/t14-,16-,17+,18-,19+,20+/m0/s1. The lowest BCUT2D eigenvalue weighted by atomic mass is 9.75. The van der Waals surface area contributed by atoms with Crippen molar-refractivity contribution >= 4 is 12.6 Å². The summed E-state index contributed by atoms with van der Waals surface area (Å²) < 4.78 is 0. The summed E-state index contributed by atoms with van der Waals surface area (Å²) in [5.74, 6) is 1.42. The minimum Gasteiger partial charge on any atom is -0.392 e. The highest BCUT2D eigenvalue weighted by atomic mass is 16.3. The Balaban J connectivity index is 1.97. The van der Waals surface area contributed by atoms with Gasteiger partial charge in [0, 0.05) is 11.3 Å². The van der Waals surface area contributed by atoms with Crippen LogP contribution in [0, 0.1) is 29.1 Å². The largest absolute Gasteiger partial charge is 0.392 e. The second-order valence-electron chi connectivity index (χ2n) is 7.64. The maximum Gasteiger partial charge on any atom is 0.146 e. The van der Waals surface area contributed by atoms with E-state index in [0.717, 1.165) is 37.4 Å². The van der Waals surface area contributed by atoms with Crippen molar-refractivity contribution < 1.29 is 14.7 Å². The Bertz CT molecular complexity index is 586. The van der Waals surface area contributed by atoms with Gasteiger partial charge in [0.2, 0.25) is 0 Å². The number of aliphatic hydroxyl groups excluding tert-OH is 1. The topological polar surface area (TPSA) is 54.4 Å². The third-order valence-corrected chi connectivity index (χ3v) is 6.49. The Hall–Kier alpha value is -1.48. The van der Waals surface area contributed by atoms with E-state index >= 15 is 0 Å². The molecule has 3 rings (SSSR count). The molecule has 124 valence electrons. The molecule has 0 aromatic carbocycles. The van der Waals surface area contributed by atoms with Crippen LogP contribution in [-0.4, -0.2) is 23.8 Å². The molecule has 3 heteroatoms. The van der Waals surface area contributed by atoms with E-state index in [-0.39, 0.29) is 11.3 Å². The Labute approximate surface area is 138 Å². The van der Waals surface area contributed by atoms with Crippen LogP contribution in [0.3, 0.4) is 0 Å². The van der Waals surface area contributed by atoms with Crippen LogP contribution in [0.2, 0.25) is 0 Å². The Morgan fingerprint density at radius 3 is 2.78 bits per heavy atom. The molecular weight excluding hydrogens is 288 g/mol. The molecule has 0 aromatic rings. The fraction of sp³-hybridized carbons (Fsp3) is 0.600. The van der Waals surface area contributed by atoms with E-state index in [0.29, 0.717) is 23.3 Å². The van der Waals surface area contributed by atoms with E-state index in [9.17, 15) is 14.7 Å². The smallest absolute Gasteiger partial charge is 0.146 e. The van der Waals surface area contributed by atoms with Crippen LogP contribution in [0.15, 0.2) is 35.5 Å². The Kier molecular flexibility index (Phi) is 4.41. The quantitative estimate of drug-likeness (QED) is 0.492. The minimum atomic E-state index is -0.531. The number of hydrogen-bond donors (Lipinski definition) is 1. The van der Waals surface area contributed by atoms with Crippen molar-refractivity contribution in [3.8, 4) is 0 Å². The summed E-state index contributed by atoms with van der Waals surface area (Å²) >= 11 is 0. The van der Waals surface area contributed by atoms with Gasteiger partial charge >= 0.3 is 0 Å². The van der Waals surface area contributed by atoms with Crippen LogP contribution >= 0.6 is 0 Å². The van der Waals surface area contributed by atoms with E-state index in [4.69, 9.17) is 0 Å². The van der Waals surface area contributed by atoms with E-state index in [1.165, 1.54) is 6.42 Å². The van der Waals surface area contributed by atoms with Gasteiger partial charge in [-0.1, -0.05) is 31.2 Å². The summed E-state index contributed by atoms with van der Waals surface area (Å²) in [5, 5.41) is 11.1. The average molecular weight is 314 g/mol. The van der Waals surface area contributed by atoms with E-state index < -0.39 is 6.10 Å². The Morgan fingerprint density at radius 2 is 2.09 bits per heavy atom. The lowest BCUT2D eigenvalue weighted by Crippen LogP contribution is -2.33. The molecule has 0 aliphatic heterocycles. The SMILES string of the molecule is CC(C=O)=CC=C[C@@]1(C)[C@H](O)[C@H]2C(C=O)=CCC[C@H]3CC[C@H]1[C@@H]32. The molecular formula is C20H26O3. The number of allylic oxidation sites excluding steroid dienone is 4. The summed E-state index contributed by atoms with van der Waals surface area (Å²) in [6.07, 6.45) is 13.5. The molecule has 0 aromatic heterocycles. The normalized spacial score (nSPS) is 43.2. The maximum absolute atomic E-state index is 11.5. The summed E-state index contributed by atoms with van der Waals surface area (Å²) in [6, 6.07) is 0. The predicted octanol–water partition coefficient (Wildman–Crippen LogP) is 3.25. The van der Waals surface area contributed by atoms with Crippen molar-refractivity contribution in [3.05, 3.63) is 35.5 Å². The van der Waals surface area contributed by atoms with Crippen LogP contribution in [0.5, 0.6) is 0 Å². The molecule has 3 aliphatic carbocycles. The highest BCUT2D eigenvalue weighted by Gasteiger charge is 2.61. The van der Waals surface area contributed by atoms with E-state index in [1.54, 1.807) is 13.0 Å². The van der Waals surface area contributed by atoms with Gasteiger partial charge in [-0.05, 0) is 61.5 Å². The second kappa shape index (κ2) is 6.20. The summed E-state index contributed by atoms with van der Waals surface area (Å²) in [5.41, 5.74) is 1.14. The number of carbonyl (C=O) groups excluding carboxylic acids is 2. The highest BCUT2D eigenvalue weighted by molar-refractivity contribution is 5.75. The molecule has 1 N–H and O–H groups in total. The number of carbonyl (C=O) groups is 2. The molecule has 3 nitrogen and oxygen atoms in total. The molecule has 23 heavy (non-hydrogen) atoms. The molecule has 0 bridgehead atoms. The van der Waals surface area contributed by atoms with Crippen molar-refractivity contribution in [1.82, 2.24) is 0 Å². The van der Waals surface area contributed by atoms with E-state index in [2.05, 4.69) is 13.0 Å². The molecule has 6 atom stereocenters. The second-order valence-corrected chi connectivity index (χ2v) is 7.64. The van der Waals surface area contributed by atoms with Crippen LogP contribution in [0.25, 0.3) is 0 Å². The lowest BCUT2D eigenvalue weighted by molar-refractivity contribution is -0.106. The summed E-state index contributed by atoms with van der Waals surface area (Å²) in [7, 11) is 0. The van der Waals surface area contributed by atoms with Crippen molar-refractivity contribution in [1.29, 1.82) is 0 Å². The number of aliphatic hydroxyl groups is 1. The van der Waals surface area contributed by atoms with Gasteiger partial charge in [-0.25, -0.2) is 0 Å². The molecule has 3 aliphatic rings. The third-order valence-electron chi connectivity index (χ3n) is 6.49. The molecule has 2 saturated carbocycles. The Morgan fingerprint density at radius 1 is 1.30 bits per heavy atom. The average Bonchev–Trinajstić information content (AvgIpc) is 2.97. The van der Waals surface area contributed by atoms with Gasteiger partial charge < -0.3 is 5.11 Å². The van der Waals surface area contributed by atoms with Crippen LogP contribution in [-0.2, 0) is 9.59 Å². The predicted molar refractivity (Wildman–Crippen MR) is 89.6 cm³/mol. The van der Waals surface area contributed by atoms with Crippen LogP contribution < -0.4 is 0 Å². The molecule has 0 radical (unpaired) electrons. The van der Waals surface area contributed by atoms with Crippen molar-refractivity contribution in [2.45, 2.75) is 45.6 Å². The number of hydrogen-bond acceptors (Lipinski definition) is 3. The third kappa shape index (κ3) is 2.55. The molecule has 0 spiro atoms. The fourth-order valence-corrected chi connectivity index (χ4v) is 5.33. The van der Waals surface area contributed by atoms with Gasteiger partial charge in [0.1, 0.15) is 12.6 Å². The first-order valence-electron chi connectivity index (χ1n) is 8.67. The lowest BCUT2D eigenvalue weighted by Gasteiger charge is -2.31. The van der Waals surface area contributed by atoms with Crippen molar-refractivity contribution in [2.75, 3.05) is 0 Å². The number of aldehydes is 2. The monoisotopic (exact) mass is 314 g/mol. The fourth-order valence-electron chi connectivity index (χ4n) is 5.33. The summed E-state index contributed by atoms with van der Waals surface area (Å²) in [6.45, 7) is 3.88. The molecule has 0 unspecified atom stereocenters. The van der Waals surface area contributed by atoms with Gasteiger partial charge in [-0.2, -0.15) is 0 Å². The van der Waals surface area contributed by atoms with Gasteiger partial charge in [-0.15, -0.1) is 0 Å².